The summed E-state index contributed by atoms with van der Waals surface area (Å²) in [5.41, 5.74) is 1.20. The summed E-state index contributed by atoms with van der Waals surface area (Å²) < 4.78 is 6.48. The Hall–Kier alpha value is -0.540. The molecule has 0 bridgehead atoms. The summed E-state index contributed by atoms with van der Waals surface area (Å²) in [7, 11) is 1.72. The Morgan fingerprint density at radius 2 is 1.94 bits per heavy atom. The second-order valence-corrected chi connectivity index (χ2v) is 5.62. The van der Waals surface area contributed by atoms with E-state index in [-0.39, 0.29) is 0 Å². The van der Waals surface area contributed by atoms with Gasteiger partial charge in [0.25, 0.3) is 0 Å². The van der Waals surface area contributed by atoms with Crippen molar-refractivity contribution in [3.63, 3.8) is 0 Å². The fourth-order valence-corrected chi connectivity index (χ4v) is 2.73. The van der Waals surface area contributed by atoms with Gasteiger partial charge in [-0.05, 0) is 31.0 Å². The second kappa shape index (κ2) is 7.80. The zero-order valence-electron chi connectivity index (χ0n) is 11.8. The molecule has 0 saturated heterocycles. The van der Waals surface area contributed by atoms with E-state index in [1.165, 1.54) is 18.4 Å². The highest BCUT2D eigenvalue weighted by atomic mass is 79.9. The zero-order valence-corrected chi connectivity index (χ0v) is 13.4. The van der Waals surface area contributed by atoms with E-state index in [0.717, 1.165) is 22.7 Å². The van der Waals surface area contributed by atoms with Crippen LogP contribution in [0.3, 0.4) is 0 Å². The van der Waals surface area contributed by atoms with Crippen molar-refractivity contribution < 1.29 is 4.74 Å². The Morgan fingerprint density at radius 3 is 2.50 bits per heavy atom. The molecule has 1 aromatic carbocycles. The third-order valence-corrected chi connectivity index (χ3v) is 4.11. The van der Waals surface area contributed by atoms with E-state index in [2.05, 4.69) is 48.1 Å². The molecule has 3 heteroatoms. The van der Waals surface area contributed by atoms with Crippen LogP contribution in [0, 0.1) is 5.92 Å². The lowest BCUT2D eigenvalue weighted by Gasteiger charge is -2.23. The van der Waals surface area contributed by atoms with Gasteiger partial charge in [-0.25, -0.2) is 0 Å². The van der Waals surface area contributed by atoms with Crippen molar-refractivity contribution in [1.29, 1.82) is 0 Å². The number of benzene rings is 1. The quantitative estimate of drug-likeness (QED) is 0.807. The molecular formula is C15H24BrNO. The van der Waals surface area contributed by atoms with Crippen LogP contribution in [0.1, 0.15) is 39.2 Å². The van der Waals surface area contributed by atoms with Crippen molar-refractivity contribution in [2.75, 3.05) is 7.11 Å². The number of methoxy groups -OCH3 is 1. The maximum atomic E-state index is 5.38. The van der Waals surface area contributed by atoms with E-state index >= 15 is 0 Å². The molecule has 0 aliphatic rings. The predicted molar refractivity (Wildman–Crippen MR) is 81.1 cm³/mol. The lowest BCUT2D eigenvalue weighted by Crippen LogP contribution is -2.32. The molecule has 0 radical (unpaired) electrons. The first kappa shape index (κ1) is 15.5. The van der Waals surface area contributed by atoms with E-state index in [1.807, 2.05) is 12.1 Å². The second-order valence-electron chi connectivity index (χ2n) is 4.70. The van der Waals surface area contributed by atoms with Crippen LogP contribution in [-0.4, -0.2) is 13.2 Å². The summed E-state index contributed by atoms with van der Waals surface area (Å²) in [5.74, 6) is 1.69. The average molecular weight is 314 g/mol. The minimum atomic E-state index is 0.531. The number of ether oxygens (including phenoxy) is 1. The minimum Gasteiger partial charge on any atom is -0.496 e. The minimum absolute atomic E-state index is 0.531. The van der Waals surface area contributed by atoms with Gasteiger partial charge in [0.2, 0.25) is 0 Å². The van der Waals surface area contributed by atoms with E-state index in [0.29, 0.717) is 6.04 Å². The van der Waals surface area contributed by atoms with Crippen molar-refractivity contribution in [1.82, 2.24) is 5.32 Å². The van der Waals surface area contributed by atoms with E-state index in [9.17, 15) is 0 Å². The maximum absolute atomic E-state index is 5.38. The topological polar surface area (TPSA) is 21.3 Å². The normalized spacial score (nSPS) is 12.8. The van der Waals surface area contributed by atoms with Crippen molar-refractivity contribution in [3.05, 3.63) is 28.2 Å². The predicted octanol–water partition coefficient (Wildman–Crippen LogP) is 4.37. The van der Waals surface area contributed by atoms with E-state index in [1.54, 1.807) is 7.11 Å². The average Bonchev–Trinajstić information content (AvgIpc) is 2.38. The zero-order chi connectivity index (χ0) is 13.5. The third-order valence-electron chi connectivity index (χ3n) is 3.61. The SMILES string of the molecule is CCC(CC)C(C)NCc1cc(Br)ccc1OC. The lowest BCUT2D eigenvalue weighted by molar-refractivity contribution is 0.348. The molecule has 1 atom stereocenters. The summed E-state index contributed by atoms with van der Waals surface area (Å²) in [5, 5.41) is 3.60. The van der Waals surface area contributed by atoms with Gasteiger partial charge in [0.05, 0.1) is 7.11 Å². The van der Waals surface area contributed by atoms with Crippen LogP contribution in [0.15, 0.2) is 22.7 Å². The summed E-state index contributed by atoms with van der Waals surface area (Å²) in [6.45, 7) is 7.63. The third kappa shape index (κ3) is 4.29. The molecule has 1 unspecified atom stereocenters. The highest BCUT2D eigenvalue weighted by molar-refractivity contribution is 9.10. The molecule has 0 heterocycles. The van der Waals surface area contributed by atoms with Gasteiger partial charge in [0, 0.05) is 22.6 Å². The standard InChI is InChI=1S/C15H24BrNO/c1-5-12(6-2)11(3)17-10-13-9-14(16)7-8-15(13)18-4/h7-9,11-12,17H,5-6,10H2,1-4H3. The van der Waals surface area contributed by atoms with Crippen LogP contribution >= 0.6 is 15.9 Å². The van der Waals surface area contributed by atoms with Gasteiger partial charge in [0.15, 0.2) is 0 Å². The van der Waals surface area contributed by atoms with Crippen molar-refractivity contribution in [2.24, 2.45) is 5.92 Å². The summed E-state index contributed by atoms with van der Waals surface area (Å²) in [6, 6.07) is 6.66. The van der Waals surface area contributed by atoms with E-state index in [4.69, 9.17) is 4.74 Å². The Morgan fingerprint density at radius 1 is 1.28 bits per heavy atom. The Labute approximate surface area is 119 Å². The first-order valence-electron chi connectivity index (χ1n) is 6.68. The highest BCUT2D eigenvalue weighted by Crippen LogP contribution is 2.23. The summed E-state index contributed by atoms with van der Waals surface area (Å²) in [4.78, 5) is 0. The molecule has 0 aliphatic carbocycles. The first-order valence-corrected chi connectivity index (χ1v) is 7.47. The van der Waals surface area contributed by atoms with Crippen molar-refractivity contribution >= 4 is 15.9 Å². The lowest BCUT2D eigenvalue weighted by atomic mass is 9.95. The Bertz CT molecular complexity index is 364. The van der Waals surface area contributed by atoms with Crippen LogP contribution in [-0.2, 0) is 6.54 Å². The largest absolute Gasteiger partial charge is 0.496 e. The monoisotopic (exact) mass is 313 g/mol. The molecule has 1 aromatic rings. The van der Waals surface area contributed by atoms with Gasteiger partial charge >= 0.3 is 0 Å². The maximum Gasteiger partial charge on any atom is 0.123 e. The molecule has 1 rings (SSSR count). The molecule has 0 amide bonds. The first-order chi connectivity index (χ1) is 8.62. The van der Waals surface area contributed by atoms with Crippen LogP contribution in [0.2, 0.25) is 0 Å². The summed E-state index contributed by atoms with van der Waals surface area (Å²) >= 11 is 3.51. The van der Waals surface area contributed by atoms with E-state index < -0.39 is 0 Å². The Kier molecular flexibility index (Phi) is 6.72. The molecule has 0 fully saturated rings. The highest BCUT2D eigenvalue weighted by Gasteiger charge is 2.13. The number of halogens is 1. The number of hydrogen-bond donors (Lipinski definition) is 1. The van der Waals surface area contributed by atoms with Crippen LogP contribution in [0.4, 0.5) is 0 Å². The van der Waals surface area contributed by atoms with Crippen LogP contribution in [0.5, 0.6) is 5.75 Å². The summed E-state index contributed by atoms with van der Waals surface area (Å²) in [6.07, 6.45) is 2.45. The van der Waals surface area contributed by atoms with Crippen LogP contribution in [0.25, 0.3) is 0 Å². The molecule has 0 aliphatic heterocycles. The fraction of sp³-hybridized carbons (Fsp3) is 0.600. The smallest absolute Gasteiger partial charge is 0.123 e. The molecule has 0 spiro atoms. The molecule has 0 aromatic heterocycles. The number of rotatable bonds is 7. The molecule has 18 heavy (non-hydrogen) atoms. The number of hydrogen-bond acceptors (Lipinski definition) is 2. The van der Waals surface area contributed by atoms with Crippen molar-refractivity contribution in [2.45, 2.75) is 46.2 Å². The molecule has 102 valence electrons. The Balaban J connectivity index is 2.65. The van der Waals surface area contributed by atoms with Gasteiger partial charge in [0.1, 0.15) is 5.75 Å². The van der Waals surface area contributed by atoms with Crippen LogP contribution < -0.4 is 10.1 Å². The molecule has 1 N–H and O–H groups in total. The van der Waals surface area contributed by atoms with Gasteiger partial charge in [-0.3, -0.25) is 0 Å². The van der Waals surface area contributed by atoms with Crippen molar-refractivity contribution in [3.8, 4) is 5.75 Å². The van der Waals surface area contributed by atoms with Gasteiger partial charge < -0.3 is 10.1 Å². The molecule has 2 nitrogen and oxygen atoms in total. The van der Waals surface area contributed by atoms with Gasteiger partial charge in [-0.1, -0.05) is 42.6 Å². The van der Waals surface area contributed by atoms with Gasteiger partial charge in [-0.15, -0.1) is 0 Å². The van der Waals surface area contributed by atoms with Gasteiger partial charge in [-0.2, -0.15) is 0 Å². The molecule has 0 saturated carbocycles. The fourth-order valence-electron chi connectivity index (χ4n) is 2.32. The number of nitrogens with one attached hydrogen (secondary N) is 1. The molecular weight excluding hydrogens is 290 g/mol.